The average Bonchev–Trinajstić information content (AvgIpc) is 3.64. The standard InChI is InChI=1S/C26H31FN4O5S/c1-25(2,3)37(32)31-20(22-21(17-28)30-23(36-22)18-8-10-19(27)11-9-18)7-5-4-6-12-26(34-15-16-35-26)24-29-13-14-33-24/h8-11,13-14,20,31H,4-7,12,15-16H2,1-3H3. The molecule has 11 heteroatoms. The molecule has 1 aliphatic heterocycles. The largest absolute Gasteiger partial charge is 0.598 e. The summed E-state index contributed by atoms with van der Waals surface area (Å²) in [7, 11) is 0. The van der Waals surface area contributed by atoms with Crippen LogP contribution in [0, 0.1) is 17.1 Å². The van der Waals surface area contributed by atoms with Crippen molar-refractivity contribution in [2.75, 3.05) is 13.2 Å². The number of aromatic nitrogens is 2. The lowest BCUT2D eigenvalue weighted by atomic mass is 10.0. The number of hydrogen-bond acceptors (Lipinski definition) is 9. The molecule has 0 amide bonds. The minimum atomic E-state index is -1.41. The number of oxazole rings is 2. The molecule has 2 aromatic heterocycles. The number of nitrogens with one attached hydrogen (secondary N) is 1. The van der Waals surface area contributed by atoms with Crippen molar-refractivity contribution >= 4 is 11.4 Å². The van der Waals surface area contributed by atoms with Gasteiger partial charge in [-0.1, -0.05) is 12.8 Å². The highest BCUT2D eigenvalue weighted by molar-refractivity contribution is 7.90. The zero-order valence-corrected chi connectivity index (χ0v) is 22.0. The summed E-state index contributed by atoms with van der Waals surface area (Å²) in [6.45, 7) is 6.56. The summed E-state index contributed by atoms with van der Waals surface area (Å²) >= 11 is -1.41. The van der Waals surface area contributed by atoms with Gasteiger partial charge in [0.1, 0.15) is 28.9 Å². The fourth-order valence-electron chi connectivity index (χ4n) is 4.04. The van der Waals surface area contributed by atoms with Gasteiger partial charge in [0.2, 0.25) is 11.7 Å². The van der Waals surface area contributed by atoms with Crippen molar-refractivity contribution in [1.29, 1.82) is 5.26 Å². The Morgan fingerprint density at radius 1 is 1.19 bits per heavy atom. The molecule has 1 N–H and O–H groups in total. The molecule has 1 aromatic carbocycles. The van der Waals surface area contributed by atoms with Gasteiger partial charge in [-0.3, -0.25) is 0 Å². The van der Waals surface area contributed by atoms with E-state index in [4.69, 9.17) is 18.3 Å². The molecule has 0 saturated carbocycles. The molecule has 0 spiro atoms. The van der Waals surface area contributed by atoms with Gasteiger partial charge in [0.05, 0.1) is 19.4 Å². The highest BCUT2D eigenvalue weighted by Gasteiger charge is 2.42. The van der Waals surface area contributed by atoms with Gasteiger partial charge < -0.3 is 22.9 Å². The molecule has 1 fully saturated rings. The van der Waals surface area contributed by atoms with Gasteiger partial charge in [-0.05, 0) is 57.9 Å². The lowest BCUT2D eigenvalue weighted by Gasteiger charge is -2.27. The summed E-state index contributed by atoms with van der Waals surface area (Å²) in [5, 5.41) is 9.74. The molecule has 0 aliphatic carbocycles. The lowest BCUT2D eigenvalue weighted by molar-refractivity contribution is -0.187. The van der Waals surface area contributed by atoms with E-state index in [0.717, 1.165) is 19.3 Å². The van der Waals surface area contributed by atoms with Crippen molar-refractivity contribution in [2.45, 2.75) is 69.5 Å². The molecule has 1 saturated heterocycles. The van der Waals surface area contributed by atoms with Crippen LogP contribution in [0.5, 0.6) is 0 Å². The summed E-state index contributed by atoms with van der Waals surface area (Å²) in [6, 6.07) is 7.27. The van der Waals surface area contributed by atoms with Gasteiger partial charge in [-0.25, -0.2) is 9.37 Å². The number of ether oxygens (including phenoxy) is 2. The van der Waals surface area contributed by atoms with Crippen molar-refractivity contribution in [3.63, 3.8) is 0 Å². The summed E-state index contributed by atoms with van der Waals surface area (Å²) in [5.74, 6) is -0.396. The van der Waals surface area contributed by atoms with Gasteiger partial charge in [-0.15, -0.1) is 4.72 Å². The van der Waals surface area contributed by atoms with Gasteiger partial charge in [0, 0.05) is 23.3 Å². The van der Waals surface area contributed by atoms with Crippen molar-refractivity contribution in [3.05, 3.63) is 59.9 Å². The molecule has 4 rings (SSSR count). The van der Waals surface area contributed by atoms with Crippen LogP contribution in [-0.2, 0) is 26.6 Å². The molecule has 198 valence electrons. The van der Waals surface area contributed by atoms with E-state index >= 15 is 0 Å². The maximum Gasteiger partial charge on any atom is 0.255 e. The van der Waals surface area contributed by atoms with Crippen LogP contribution in [0.1, 0.15) is 76.3 Å². The molecular formula is C26H31FN4O5S. The molecule has 3 aromatic rings. The van der Waals surface area contributed by atoms with Crippen LogP contribution in [0.3, 0.4) is 0 Å². The topological polar surface area (TPSA) is 129 Å². The van der Waals surface area contributed by atoms with E-state index in [1.54, 1.807) is 18.3 Å². The maximum absolute atomic E-state index is 13.4. The third-order valence-electron chi connectivity index (χ3n) is 5.98. The van der Waals surface area contributed by atoms with Crippen LogP contribution < -0.4 is 4.72 Å². The molecule has 2 unspecified atom stereocenters. The van der Waals surface area contributed by atoms with Gasteiger partial charge >= 0.3 is 0 Å². The zero-order valence-electron chi connectivity index (χ0n) is 21.2. The fraction of sp³-hybridized carbons (Fsp3) is 0.500. The first kappa shape index (κ1) is 27.3. The predicted molar refractivity (Wildman–Crippen MR) is 134 cm³/mol. The first-order chi connectivity index (χ1) is 17.7. The molecule has 0 bridgehead atoms. The average molecular weight is 531 g/mol. The Morgan fingerprint density at radius 3 is 2.54 bits per heavy atom. The lowest BCUT2D eigenvalue weighted by Crippen LogP contribution is -2.41. The van der Waals surface area contributed by atoms with Crippen LogP contribution in [-0.4, -0.2) is 32.5 Å². The summed E-state index contributed by atoms with van der Waals surface area (Å²) in [5.41, 5.74) is 0.659. The van der Waals surface area contributed by atoms with E-state index in [-0.39, 0.29) is 17.4 Å². The second kappa shape index (κ2) is 11.8. The van der Waals surface area contributed by atoms with Crippen LogP contribution in [0.25, 0.3) is 11.5 Å². The quantitative estimate of drug-likeness (QED) is 0.260. The zero-order chi connectivity index (χ0) is 26.5. The molecule has 3 heterocycles. The number of benzene rings is 1. The fourth-order valence-corrected chi connectivity index (χ4v) is 4.87. The third-order valence-corrected chi connectivity index (χ3v) is 7.59. The number of nitrogens with zero attached hydrogens (tertiary/aromatic N) is 3. The molecule has 1 aliphatic rings. The van der Waals surface area contributed by atoms with Crippen LogP contribution in [0.2, 0.25) is 0 Å². The number of rotatable bonds is 11. The van der Waals surface area contributed by atoms with E-state index in [9.17, 15) is 14.2 Å². The first-order valence-electron chi connectivity index (χ1n) is 12.2. The second-order valence-corrected chi connectivity index (χ2v) is 11.8. The van der Waals surface area contributed by atoms with Crippen LogP contribution >= 0.6 is 0 Å². The minimum absolute atomic E-state index is 0.110. The number of halogens is 1. The Hall–Kier alpha value is -2.75. The van der Waals surface area contributed by atoms with Crippen LogP contribution in [0.15, 0.2) is 45.6 Å². The SMILES string of the molecule is CC(C)(C)[S+]([O-])NC(CCCCCC1(c2ncco2)OCCO1)c1oc(-c2ccc(F)cc2)nc1C#N. The Balaban J connectivity index is 1.45. The van der Waals surface area contributed by atoms with Crippen LogP contribution in [0.4, 0.5) is 4.39 Å². The van der Waals surface area contributed by atoms with Gasteiger partial charge in [0.25, 0.3) is 5.89 Å². The minimum Gasteiger partial charge on any atom is -0.598 e. The van der Waals surface area contributed by atoms with E-state index in [2.05, 4.69) is 20.8 Å². The predicted octanol–water partition coefficient (Wildman–Crippen LogP) is 5.28. The Kier molecular flexibility index (Phi) is 8.67. The number of hydrogen-bond donors (Lipinski definition) is 1. The number of unbranched alkanes of at least 4 members (excludes halogenated alkanes) is 2. The van der Waals surface area contributed by atoms with Gasteiger partial charge in [0.15, 0.2) is 11.5 Å². The third kappa shape index (κ3) is 6.58. The van der Waals surface area contributed by atoms with E-state index < -0.39 is 27.9 Å². The van der Waals surface area contributed by atoms with E-state index in [1.807, 2.05) is 20.8 Å². The maximum atomic E-state index is 13.4. The molecule has 0 radical (unpaired) electrons. The molecule has 9 nitrogen and oxygen atoms in total. The van der Waals surface area contributed by atoms with Crippen molar-refractivity contribution in [1.82, 2.24) is 14.7 Å². The summed E-state index contributed by atoms with van der Waals surface area (Å²) in [4.78, 5) is 8.53. The molecule has 37 heavy (non-hydrogen) atoms. The van der Waals surface area contributed by atoms with Crippen molar-refractivity contribution < 1.29 is 27.3 Å². The highest BCUT2D eigenvalue weighted by Crippen LogP contribution is 2.36. The highest BCUT2D eigenvalue weighted by atomic mass is 32.2. The van der Waals surface area contributed by atoms with Crippen molar-refractivity contribution in [2.24, 2.45) is 0 Å². The van der Waals surface area contributed by atoms with Gasteiger partial charge in [-0.2, -0.15) is 10.2 Å². The van der Waals surface area contributed by atoms with E-state index in [1.165, 1.54) is 18.4 Å². The smallest absolute Gasteiger partial charge is 0.255 e. The molecule has 2 atom stereocenters. The second-order valence-electron chi connectivity index (χ2n) is 9.79. The molecular weight excluding hydrogens is 499 g/mol. The number of nitriles is 1. The Morgan fingerprint density at radius 2 is 1.92 bits per heavy atom. The van der Waals surface area contributed by atoms with E-state index in [0.29, 0.717) is 43.3 Å². The monoisotopic (exact) mass is 530 g/mol. The Labute approximate surface area is 218 Å². The van der Waals surface area contributed by atoms with Crippen molar-refractivity contribution in [3.8, 4) is 17.5 Å². The normalized spacial score (nSPS) is 17.0. The summed E-state index contributed by atoms with van der Waals surface area (Å²) in [6.07, 6.45) is 6.55. The summed E-state index contributed by atoms with van der Waals surface area (Å²) < 4.78 is 52.1. The Bertz CT molecular complexity index is 1180. The first-order valence-corrected chi connectivity index (χ1v) is 13.4.